The minimum Gasteiger partial charge on any atom is -0.329 e. The lowest BCUT2D eigenvalue weighted by atomic mass is 10.2. The van der Waals surface area contributed by atoms with Crippen LogP contribution in [0.25, 0.3) is 0 Å². The quantitative estimate of drug-likeness (QED) is 0.689. The highest BCUT2D eigenvalue weighted by atomic mass is 15.3. The third-order valence-electron chi connectivity index (χ3n) is 3.04. The second-order valence-corrected chi connectivity index (χ2v) is 4.25. The monoisotopic (exact) mass is 185 g/mol. The zero-order chi connectivity index (χ0) is 9.84. The Morgan fingerprint density at radius 3 is 1.85 bits per heavy atom. The first-order chi connectivity index (χ1) is 6.15. The topological polar surface area (TPSA) is 32.5 Å². The van der Waals surface area contributed by atoms with Crippen molar-refractivity contribution in [1.82, 2.24) is 9.80 Å². The van der Waals surface area contributed by atoms with E-state index in [4.69, 9.17) is 5.73 Å². The largest absolute Gasteiger partial charge is 0.329 e. The summed E-state index contributed by atoms with van der Waals surface area (Å²) in [5.41, 5.74) is 5.64. The lowest BCUT2D eigenvalue weighted by molar-refractivity contribution is 0.0858. The molecule has 0 radical (unpaired) electrons. The Bertz CT molecular complexity index is 139. The van der Waals surface area contributed by atoms with Gasteiger partial charge in [0.2, 0.25) is 0 Å². The van der Waals surface area contributed by atoms with E-state index in [9.17, 15) is 0 Å². The van der Waals surface area contributed by atoms with Crippen molar-refractivity contribution in [3.63, 3.8) is 0 Å². The number of rotatable bonds is 3. The molecule has 78 valence electrons. The maximum atomic E-state index is 5.64. The molecule has 2 N–H and O–H groups in total. The number of piperazine rings is 1. The van der Waals surface area contributed by atoms with Crippen LogP contribution >= 0.6 is 0 Å². The Morgan fingerprint density at radius 2 is 1.46 bits per heavy atom. The average Bonchev–Trinajstić information content (AvgIpc) is 2.17. The first-order valence-corrected chi connectivity index (χ1v) is 5.33. The van der Waals surface area contributed by atoms with Crippen molar-refractivity contribution in [2.75, 3.05) is 32.7 Å². The van der Waals surface area contributed by atoms with Gasteiger partial charge in [0.1, 0.15) is 0 Å². The summed E-state index contributed by atoms with van der Waals surface area (Å²) < 4.78 is 0. The van der Waals surface area contributed by atoms with E-state index in [0.717, 1.165) is 6.54 Å². The summed E-state index contributed by atoms with van der Waals surface area (Å²) >= 11 is 0. The normalized spacial score (nSPS) is 23.8. The van der Waals surface area contributed by atoms with Gasteiger partial charge in [-0.05, 0) is 20.8 Å². The second-order valence-electron chi connectivity index (χ2n) is 4.25. The van der Waals surface area contributed by atoms with Crippen molar-refractivity contribution in [1.29, 1.82) is 0 Å². The highest BCUT2D eigenvalue weighted by molar-refractivity contribution is 4.77. The molecular formula is C10H23N3. The summed E-state index contributed by atoms with van der Waals surface area (Å²) in [5.74, 6) is 0. The molecule has 0 spiro atoms. The van der Waals surface area contributed by atoms with Crippen LogP contribution in [0.5, 0.6) is 0 Å². The van der Waals surface area contributed by atoms with Gasteiger partial charge >= 0.3 is 0 Å². The first kappa shape index (κ1) is 11.0. The molecule has 1 rings (SSSR count). The fourth-order valence-electron chi connectivity index (χ4n) is 1.84. The Morgan fingerprint density at radius 1 is 1.00 bits per heavy atom. The Kier molecular flexibility index (Phi) is 4.16. The fraction of sp³-hybridized carbons (Fsp3) is 1.00. The molecule has 0 aromatic rings. The second kappa shape index (κ2) is 4.94. The third-order valence-corrected chi connectivity index (χ3v) is 3.04. The molecule has 1 unspecified atom stereocenters. The molecule has 1 atom stereocenters. The number of hydrogen-bond donors (Lipinski definition) is 1. The van der Waals surface area contributed by atoms with E-state index >= 15 is 0 Å². The van der Waals surface area contributed by atoms with E-state index in [1.54, 1.807) is 0 Å². The highest BCUT2D eigenvalue weighted by Crippen LogP contribution is 2.07. The molecule has 1 fully saturated rings. The molecule has 0 amide bonds. The molecule has 0 aromatic carbocycles. The van der Waals surface area contributed by atoms with E-state index < -0.39 is 0 Å². The molecule has 1 aliphatic heterocycles. The molecule has 13 heavy (non-hydrogen) atoms. The van der Waals surface area contributed by atoms with Crippen molar-refractivity contribution in [3.8, 4) is 0 Å². The molecule has 0 aliphatic carbocycles. The zero-order valence-electron chi connectivity index (χ0n) is 9.16. The summed E-state index contributed by atoms with van der Waals surface area (Å²) in [7, 11) is 0. The lowest BCUT2D eigenvalue weighted by Gasteiger charge is -2.39. The van der Waals surface area contributed by atoms with Gasteiger partial charge in [-0.15, -0.1) is 0 Å². The number of nitrogens with zero attached hydrogens (tertiary/aromatic N) is 2. The van der Waals surface area contributed by atoms with Crippen molar-refractivity contribution >= 4 is 0 Å². The standard InChI is InChI=1S/C10H23N3/c1-9(2)12-4-6-13(7-5-12)10(3)8-11/h9-10H,4-8,11H2,1-3H3. The summed E-state index contributed by atoms with van der Waals surface area (Å²) in [4.78, 5) is 5.01. The SMILES string of the molecule is CC(C)N1CCN(C(C)CN)CC1. The van der Waals surface area contributed by atoms with Crippen LogP contribution in [0.2, 0.25) is 0 Å². The van der Waals surface area contributed by atoms with Gasteiger partial charge in [-0.1, -0.05) is 0 Å². The van der Waals surface area contributed by atoms with Crippen molar-refractivity contribution in [3.05, 3.63) is 0 Å². The van der Waals surface area contributed by atoms with E-state index in [1.807, 2.05) is 0 Å². The van der Waals surface area contributed by atoms with Gasteiger partial charge in [0, 0.05) is 44.8 Å². The molecule has 0 aromatic heterocycles. The van der Waals surface area contributed by atoms with Crippen LogP contribution in [0.3, 0.4) is 0 Å². The van der Waals surface area contributed by atoms with E-state index in [2.05, 4.69) is 30.6 Å². The number of hydrogen-bond acceptors (Lipinski definition) is 3. The third kappa shape index (κ3) is 2.93. The van der Waals surface area contributed by atoms with Crippen LogP contribution in [-0.4, -0.2) is 54.6 Å². The van der Waals surface area contributed by atoms with E-state index in [1.165, 1.54) is 26.2 Å². The molecule has 1 heterocycles. The molecular weight excluding hydrogens is 162 g/mol. The van der Waals surface area contributed by atoms with E-state index in [0.29, 0.717) is 12.1 Å². The summed E-state index contributed by atoms with van der Waals surface area (Å²) in [6, 6.07) is 1.24. The minimum atomic E-state index is 0.550. The van der Waals surface area contributed by atoms with Gasteiger partial charge in [-0.2, -0.15) is 0 Å². The van der Waals surface area contributed by atoms with Gasteiger partial charge in [0.25, 0.3) is 0 Å². The summed E-state index contributed by atoms with van der Waals surface area (Å²) in [6.07, 6.45) is 0. The highest BCUT2D eigenvalue weighted by Gasteiger charge is 2.21. The maximum Gasteiger partial charge on any atom is 0.0191 e. The smallest absolute Gasteiger partial charge is 0.0191 e. The van der Waals surface area contributed by atoms with Gasteiger partial charge in [-0.3, -0.25) is 9.80 Å². The Balaban J connectivity index is 2.30. The first-order valence-electron chi connectivity index (χ1n) is 5.33. The molecule has 0 saturated carbocycles. The molecule has 1 aliphatic rings. The van der Waals surface area contributed by atoms with Crippen LogP contribution in [0.1, 0.15) is 20.8 Å². The van der Waals surface area contributed by atoms with Gasteiger partial charge < -0.3 is 5.73 Å². The predicted octanol–water partition coefficient (Wildman–Crippen LogP) is 0.360. The summed E-state index contributed by atoms with van der Waals surface area (Å²) in [5, 5.41) is 0. The zero-order valence-corrected chi connectivity index (χ0v) is 9.16. The fourth-order valence-corrected chi connectivity index (χ4v) is 1.84. The lowest BCUT2D eigenvalue weighted by Crippen LogP contribution is -2.52. The Hall–Kier alpha value is -0.120. The molecule has 3 heteroatoms. The van der Waals surface area contributed by atoms with Crippen LogP contribution < -0.4 is 5.73 Å². The van der Waals surface area contributed by atoms with Crippen LogP contribution in [-0.2, 0) is 0 Å². The Labute approximate surface area is 81.9 Å². The van der Waals surface area contributed by atoms with Crippen molar-refractivity contribution < 1.29 is 0 Å². The predicted molar refractivity (Wildman–Crippen MR) is 56.8 cm³/mol. The van der Waals surface area contributed by atoms with Crippen molar-refractivity contribution in [2.24, 2.45) is 5.73 Å². The minimum absolute atomic E-state index is 0.550. The van der Waals surface area contributed by atoms with Crippen molar-refractivity contribution in [2.45, 2.75) is 32.9 Å². The molecule has 1 saturated heterocycles. The van der Waals surface area contributed by atoms with Crippen LogP contribution in [0.4, 0.5) is 0 Å². The molecule has 0 bridgehead atoms. The van der Waals surface area contributed by atoms with Gasteiger partial charge in [-0.25, -0.2) is 0 Å². The molecule has 3 nitrogen and oxygen atoms in total. The summed E-state index contributed by atoms with van der Waals surface area (Å²) in [6.45, 7) is 12.3. The van der Waals surface area contributed by atoms with Gasteiger partial charge in [0.15, 0.2) is 0 Å². The van der Waals surface area contributed by atoms with Gasteiger partial charge in [0.05, 0.1) is 0 Å². The maximum absolute atomic E-state index is 5.64. The number of nitrogens with two attached hydrogens (primary N) is 1. The van der Waals surface area contributed by atoms with Crippen LogP contribution in [0, 0.1) is 0 Å². The van der Waals surface area contributed by atoms with Crippen LogP contribution in [0.15, 0.2) is 0 Å². The van der Waals surface area contributed by atoms with E-state index in [-0.39, 0.29) is 0 Å². The average molecular weight is 185 g/mol.